The first-order chi connectivity index (χ1) is 8.60. The van der Waals surface area contributed by atoms with E-state index < -0.39 is 0 Å². The minimum absolute atomic E-state index is 0.0441. The Labute approximate surface area is 119 Å². The van der Waals surface area contributed by atoms with Gasteiger partial charge in [0, 0.05) is 20.1 Å². The van der Waals surface area contributed by atoms with Crippen molar-refractivity contribution in [3.05, 3.63) is 20.8 Å². The molecular formula is C12H17BrN2O2S. The summed E-state index contributed by atoms with van der Waals surface area (Å²) in [5.41, 5.74) is 6.68. The molecule has 1 aromatic heterocycles. The molecule has 1 fully saturated rings. The second kappa shape index (κ2) is 6.14. The largest absolute Gasteiger partial charge is 0.364 e. The van der Waals surface area contributed by atoms with Gasteiger partial charge in [0.15, 0.2) is 0 Å². The summed E-state index contributed by atoms with van der Waals surface area (Å²) in [4.78, 5) is 13.9. The Balaban J connectivity index is 1.89. The molecule has 0 radical (unpaired) electrons. The van der Waals surface area contributed by atoms with Crippen molar-refractivity contribution in [1.29, 1.82) is 0 Å². The molecule has 2 atom stereocenters. The zero-order chi connectivity index (χ0) is 13.1. The number of likely N-dealkylation sites (N-methyl/N-ethyl adjacent to an activating group) is 1. The third-order valence-electron chi connectivity index (χ3n) is 3.06. The van der Waals surface area contributed by atoms with E-state index in [9.17, 15) is 4.79 Å². The maximum absolute atomic E-state index is 12.2. The van der Waals surface area contributed by atoms with Crippen LogP contribution in [0.4, 0.5) is 0 Å². The van der Waals surface area contributed by atoms with E-state index in [1.54, 1.807) is 16.2 Å². The van der Waals surface area contributed by atoms with Crippen LogP contribution < -0.4 is 5.73 Å². The molecule has 0 aliphatic carbocycles. The van der Waals surface area contributed by atoms with Gasteiger partial charge in [0.1, 0.15) is 6.10 Å². The number of carbonyl (C=O) groups is 1. The predicted octanol–water partition coefficient (Wildman–Crippen LogP) is 1.98. The molecule has 1 saturated heterocycles. The van der Waals surface area contributed by atoms with Crippen LogP contribution in [-0.2, 0) is 16.1 Å². The normalized spacial score (nSPS) is 23.3. The van der Waals surface area contributed by atoms with E-state index in [1.807, 2.05) is 18.5 Å². The van der Waals surface area contributed by atoms with E-state index in [4.69, 9.17) is 10.5 Å². The van der Waals surface area contributed by atoms with E-state index >= 15 is 0 Å². The van der Waals surface area contributed by atoms with Gasteiger partial charge in [0.2, 0.25) is 0 Å². The second-order valence-electron chi connectivity index (χ2n) is 4.51. The second-order valence-corrected chi connectivity index (χ2v) is 6.80. The van der Waals surface area contributed by atoms with Crippen molar-refractivity contribution >= 4 is 33.2 Å². The van der Waals surface area contributed by atoms with E-state index in [-0.39, 0.29) is 18.1 Å². The average Bonchev–Trinajstić information content (AvgIpc) is 2.97. The van der Waals surface area contributed by atoms with Crippen molar-refractivity contribution in [2.75, 3.05) is 13.6 Å². The Morgan fingerprint density at radius 3 is 3.00 bits per heavy atom. The number of rotatable bonds is 4. The van der Waals surface area contributed by atoms with Gasteiger partial charge in [-0.25, -0.2) is 0 Å². The Hall–Kier alpha value is -0.430. The summed E-state index contributed by atoms with van der Waals surface area (Å²) in [5.74, 6) is 0.0493. The maximum Gasteiger partial charge on any atom is 0.251 e. The first-order valence-corrected chi connectivity index (χ1v) is 7.61. The number of hydrogen-bond donors (Lipinski definition) is 1. The number of amides is 1. The van der Waals surface area contributed by atoms with Crippen molar-refractivity contribution in [2.45, 2.75) is 31.6 Å². The lowest BCUT2D eigenvalue weighted by Crippen LogP contribution is -2.36. The van der Waals surface area contributed by atoms with Gasteiger partial charge in [-0.05, 0) is 45.8 Å². The fourth-order valence-electron chi connectivity index (χ4n) is 2.09. The summed E-state index contributed by atoms with van der Waals surface area (Å²) in [5, 5.41) is 2.05. The Bertz CT molecular complexity index is 424. The lowest BCUT2D eigenvalue weighted by Gasteiger charge is -2.20. The van der Waals surface area contributed by atoms with Crippen LogP contribution >= 0.6 is 27.3 Å². The van der Waals surface area contributed by atoms with Crippen LogP contribution in [0, 0.1) is 0 Å². The molecule has 18 heavy (non-hydrogen) atoms. The van der Waals surface area contributed by atoms with Gasteiger partial charge in [-0.15, -0.1) is 11.3 Å². The molecule has 2 unspecified atom stereocenters. The van der Waals surface area contributed by atoms with Gasteiger partial charge in [-0.1, -0.05) is 0 Å². The maximum atomic E-state index is 12.2. The molecule has 2 heterocycles. The van der Waals surface area contributed by atoms with Gasteiger partial charge in [-0.3, -0.25) is 4.79 Å². The van der Waals surface area contributed by atoms with Gasteiger partial charge in [-0.2, -0.15) is 0 Å². The van der Waals surface area contributed by atoms with Gasteiger partial charge >= 0.3 is 0 Å². The van der Waals surface area contributed by atoms with Crippen LogP contribution in [0.15, 0.2) is 15.2 Å². The first-order valence-electron chi connectivity index (χ1n) is 5.93. The minimum Gasteiger partial charge on any atom is -0.364 e. The van der Waals surface area contributed by atoms with E-state index in [1.165, 1.54) is 0 Å². The topological polar surface area (TPSA) is 55.6 Å². The molecule has 6 heteroatoms. The van der Waals surface area contributed by atoms with Gasteiger partial charge < -0.3 is 15.4 Å². The number of thiophene rings is 1. The van der Waals surface area contributed by atoms with Crippen molar-refractivity contribution in [3.63, 3.8) is 0 Å². The fourth-order valence-corrected chi connectivity index (χ4v) is 3.29. The Morgan fingerprint density at radius 2 is 2.44 bits per heavy atom. The molecule has 1 amide bonds. The van der Waals surface area contributed by atoms with Crippen LogP contribution in [-0.4, -0.2) is 36.6 Å². The lowest BCUT2D eigenvalue weighted by molar-refractivity contribution is -0.141. The molecule has 1 aliphatic heterocycles. The molecule has 1 aromatic rings. The summed E-state index contributed by atoms with van der Waals surface area (Å²) in [7, 11) is 1.81. The monoisotopic (exact) mass is 332 g/mol. The fraction of sp³-hybridized carbons (Fsp3) is 0.583. The summed E-state index contributed by atoms with van der Waals surface area (Å²) >= 11 is 5.04. The number of nitrogens with zero attached hydrogens (tertiary/aromatic N) is 1. The van der Waals surface area contributed by atoms with Crippen molar-refractivity contribution in [1.82, 2.24) is 4.90 Å². The highest BCUT2D eigenvalue weighted by Gasteiger charge is 2.31. The van der Waals surface area contributed by atoms with Crippen LogP contribution in [0.1, 0.15) is 18.4 Å². The summed E-state index contributed by atoms with van der Waals surface area (Å²) < 4.78 is 6.70. The van der Waals surface area contributed by atoms with Crippen LogP contribution in [0.3, 0.4) is 0 Å². The zero-order valence-electron chi connectivity index (χ0n) is 10.3. The van der Waals surface area contributed by atoms with Crippen LogP contribution in [0.5, 0.6) is 0 Å². The summed E-state index contributed by atoms with van der Waals surface area (Å²) in [6.45, 7) is 1.11. The van der Waals surface area contributed by atoms with Crippen molar-refractivity contribution < 1.29 is 9.53 Å². The zero-order valence-corrected chi connectivity index (χ0v) is 12.7. The summed E-state index contributed by atoms with van der Waals surface area (Å²) in [6.07, 6.45) is 1.39. The molecule has 0 spiro atoms. The predicted molar refractivity (Wildman–Crippen MR) is 75.4 cm³/mol. The molecule has 0 bridgehead atoms. The number of carbonyl (C=O) groups excluding carboxylic acids is 1. The molecule has 1 aliphatic rings. The standard InChI is InChI=1S/C12H17BrN2O2S/c1-15(6-8-4-11(13)18-7-8)12(16)10-3-2-9(5-14)17-10/h4,7,9-10H,2-3,5-6,14H2,1H3. The van der Waals surface area contributed by atoms with Crippen molar-refractivity contribution in [2.24, 2.45) is 5.73 Å². The Kier molecular flexibility index (Phi) is 4.77. The van der Waals surface area contributed by atoms with Crippen LogP contribution in [0.2, 0.25) is 0 Å². The quantitative estimate of drug-likeness (QED) is 0.917. The number of ether oxygens (including phenoxy) is 1. The highest BCUT2D eigenvalue weighted by atomic mass is 79.9. The molecule has 2 N–H and O–H groups in total. The molecule has 100 valence electrons. The average molecular weight is 333 g/mol. The number of nitrogens with two attached hydrogens (primary N) is 1. The Morgan fingerprint density at radius 1 is 1.67 bits per heavy atom. The highest BCUT2D eigenvalue weighted by molar-refractivity contribution is 9.11. The molecular weight excluding hydrogens is 316 g/mol. The SMILES string of the molecule is CN(Cc1csc(Br)c1)C(=O)C1CCC(CN)O1. The lowest BCUT2D eigenvalue weighted by atomic mass is 10.2. The molecule has 0 aromatic carbocycles. The molecule has 0 saturated carbocycles. The van der Waals surface area contributed by atoms with E-state index in [0.717, 1.165) is 22.2 Å². The van der Waals surface area contributed by atoms with Gasteiger partial charge in [0.25, 0.3) is 5.91 Å². The highest BCUT2D eigenvalue weighted by Crippen LogP contribution is 2.23. The van der Waals surface area contributed by atoms with E-state index in [0.29, 0.717) is 13.1 Å². The van der Waals surface area contributed by atoms with Gasteiger partial charge in [0.05, 0.1) is 9.89 Å². The first kappa shape index (κ1) is 14.0. The minimum atomic E-state index is -0.314. The number of hydrogen-bond acceptors (Lipinski definition) is 4. The molecule has 2 rings (SSSR count). The van der Waals surface area contributed by atoms with Crippen LogP contribution in [0.25, 0.3) is 0 Å². The van der Waals surface area contributed by atoms with E-state index in [2.05, 4.69) is 15.9 Å². The van der Waals surface area contributed by atoms with Crippen molar-refractivity contribution in [3.8, 4) is 0 Å². The third-order valence-corrected chi connectivity index (χ3v) is 4.62. The number of halogens is 1. The third kappa shape index (κ3) is 3.32. The summed E-state index contributed by atoms with van der Waals surface area (Å²) in [6, 6.07) is 2.03. The smallest absolute Gasteiger partial charge is 0.251 e. The molecule has 4 nitrogen and oxygen atoms in total.